The van der Waals surface area contributed by atoms with Crippen molar-refractivity contribution in [2.45, 2.75) is 26.0 Å². The molecule has 2 N–H and O–H groups in total. The molecule has 3 rings (SSSR count). The fraction of sp³-hybridized carbons (Fsp3) is 0.353. The lowest BCUT2D eigenvalue weighted by molar-refractivity contribution is 0.208. The average molecular weight is 327 g/mol. The summed E-state index contributed by atoms with van der Waals surface area (Å²) in [5.74, 6) is 0.441. The zero-order valence-electron chi connectivity index (χ0n) is 14.0. The third-order valence-corrected chi connectivity index (χ3v) is 3.96. The Labute approximate surface area is 139 Å². The Kier molecular flexibility index (Phi) is 4.35. The smallest absolute Gasteiger partial charge is 0.263 e. The third kappa shape index (κ3) is 3.03. The van der Waals surface area contributed by atoms with Crippen LogP contribution in [0.25, 0.3) is 10.9 Å². The minimum absolute atomic E-state index is 0.120. The van der Waals surface area contributed by atoms with Crippen molar-refractivity contribution in [2.75, 3.05) is 11.9 Å². The molecule has 7 nitrogen and oxygen atoms in total. The van der Waals surface area contributed by atoms with Gasteiger partial charge in [-0.15, -0.1) is 0 Å². The number of aromatic nitrogens is 4. The number of aryl methyl sites for hydroxylation is 1. The molecule has 0 amide bonds. The van der Waals surface area contributed by atoms with Crippen molar-refractivity contribution in [3.05, 3.63) is 52.6 Å². The van der Waals surface area contributed by atoms with Crippen molar-refractivity contribution in [3.63, 3.8) is 0 Å². The topological polar surface area (TPSA) is 85.0 Å². The van der Waals surface area contributed by atoms with Gasteiger partial charge in [-0.3, -0.25) is 14.0 Å². The van der Waals surface area contributed by atoms with Gasteiger partial charge in [0.15, 0.2) is 0 Å². The highest BCUT2D eigenvalue weighted by molar-refractivity contribution is 5.78. The normalized spacial score (nSPS) is 13.8. The molecular formula is C17H21N5O2. The van der Waals surface area contributed by atoms with Crippen LogP contribution in [0.3, 0.4) is 0 Å². The van der Waals surface area contributed by atoms with Gasteiger partial charge in [-0.25, -0.2) is 4.98 Å². The van der Waals surface area contributed by atoms with Crippen LogP contribution in [-0.4, -0.2) is 37.1 Å². The van der Waals surface area contributed by atoms with Gasteiger partial charge in [0, 0.05) is 25.4 Å². The largest absolute Gasteiger partial charge is 0.392 e. The molecule has 3 aromatic rings. The predicted molar refractivity (Wildman–Crippen MR) is 93.2 cm³/mol. The van der Waals surface area contributed by atoms with Crippen molar-refractivity contribution >= 4 is 16.9 Å². The number of benzene rings is 1. The molecule has 24 heavy (non-hydrogen) atoms. The summed E-state index contributed by atoms with van der Waals surface area (Å²) in [6.45, 7) is 3.92. The fourth-order valence-corrected chi connectivity index (χ4v) is 2.67. The fourth-order valence-electron chi connectivity index (χ4n) is 2.67. The minimum atomic E-state index is -0.546. The first-order valence-electron chi connectivity index (χ1n) is 7.89. The average Bonchev–Trinajstić information content (AvgIpc) is 2.99. The number of hydrogen-bond acceptors (Lipinski definition) is 5. The Hall–Kier alpha value is -2.67. The standard InChI is InChI=1S/C17H21N5O2/c1-11(23)8-18-17-20-15-7-5-4-6-14(15)16(24)22(17)12(2)13-9-19-21(3)10-13/h4-7,9-12,23H,8H2,1-3H3,(H,18,20)/t11-,12?/m0/s1. The maximum atomic E-state index is 13.0. The molecule has 0 aliphatic carbocycles. The van der Waals surface area contributed by atoms with Crippen LogP contribution in [-0.2, 0) is 7.05 Å². The molecule has 0 spiro atoms. The summed E-state index contributed by atoms with van der Waals surface area (Å²) >= 11 is 0. The van der Waals surface area contributed by atoms with E-state index in [0.717, 1.165) is 5.56 Å². The van der Waals surface area contributed by atoms with Gasteiger partial charge in [0.05, 0.1) is 29.2 Å². The molecule has 2 heterocycles. The molecule has 0 aliphatic rings. The van der Waals surface area contributed by atoms with Gasteiger partial charge in [0.25, 0.3) is 5.56 Å². The minimum Gasteiger partial charge on any atom is -0.392 e. The summed E-state index contributed by atoms with van der Waals surface area (Å²) in [4.78, 5) is 17.6. The summed E-state index contributed by atoms with van der Waals surface area (Å²) in [5.41, 5.74) is 1.42. The van der Waals surface area contributed by atoms with E-state index in [2.05, 4.69) is 15.4 Å². The summed E-state index contributed by atoms with van der Waals surface area (Å²) < 4.78 is 3.32. The van der Waals surface area contributed by atoms with Crippen molar-refractivity contribution in [2.24, 2.45) is 7.05 Å². The van der Waals surface area contributed by atoms with Crippen molar-refractivity contribution in [1.82, 2.24) is 19.3 Å². The lowest BCUT2D eigenvalue weighted by atomic mass is 10.1. The highest BCUT2D eigenvalue weighted by Gasteiger charge is 2.18. The third-order valence-electron chi connectivity index (χ3n) is 3.96. The molecule has 0 aliphatic heterocycles. The van der Waals surface area contributed by atoms with Crippen LogP contribution in [0.1, 0.15) is 25.5 Å². The van der Waals surface area contributed by atoms with Crippen LogP contribution < -0.4 is 10.9 Å². The molecule has 2 atom stereocenters. The van der Waals surface area contributed by atoms with Crippen LogP contribution in [0.2, 0.25) is 0 Å². The molecule has 0 saturated carbocycles. The second kappa shape index (κ2) is 6.45. The van der Waals surface area contributed by atoms with E-state index in [-0.39, 0.29) is 11.6 Å². The Morgan fingerprint density at radius 3 is 2.71 bits per heavy atom. The number of aliphatic hydroxyl groups excluding tert-OH is 1. The van der Waals surface area contributed by atoms with E-state index in [9.17, 15) is 9.90 Å². The van der Waals surface area contributed by atoms with Gasteiger partial charge in [-0.05, 0) is 26.0 Å². The molecule has 0 fully saturated rings. The van der Waals surface area contributed by atoms with Crippen LogP contribution in [0, 0.1) is 0 Å². The SMILES string of the molecule is CC(c1cnn(C)c1)n1c(NC[C@H](C)O)nc2ccccc2c1=O. The summed E-state index contributed by atoms with van der Waals surface area (Å²) in [6, 6.07) is 7.02. The van der Waals surface area contributed by atoms with Gasteiger partial charge < -0.3 is 10.4 Å². The molecule has 7 heteroatoms. The molecule has 0 bridgehead atoms. The van der Waals surface area contributed by atoms with Gasteiger partial charge in [-0.1, -0.05) is 12.1 Å². The number of nitrogens with zero attached hydrogens (tertiary/aromatic N) is 4. The van der Waals surface area contributed by atoms with Crippen molar-refractivity contribution in [1.29, 1.82) is 0 Å². The van der Waals surface area contributed by atoms with Crippen molar-refractivity contribution < 1.29 is 5.11 Å². The van der Waals surface area contributed by atoms with Crippen LogP contribution >= 0.6 is 0 Å². The molecule has 1 aromatic carbocycles. The Morgan fingerprint density at radius 1 is 1.29 bits per heavy atom. The Balaban J connectivity index is 2.17. The van der Waals surface area contributed by atoms with Crippen LogP contribution in [0.15, 0.2) is 41.5 Å². The van der Waals surface area contributed by atoms with Gasteiger partial charge in [-0.2, -0.15) is 5.10 Å². The number of fused-ring (bicyclic) bond motifs is 1. The monoisotopic (exact) mass is 327 g/mol. The first-order chi connectivity index (χ1) is 11.5. The molecular weight excluding hydrogens is 306 g/mol. The number of hydrogen-bond donors (Lipinski definition) is 2. The van der Waals surface area contributed by atoms with E-state index in [0.29, 0.717) is 23.4 Å². The van der Waals surface area contributed by atoms with Crippen LogP contribution in [0.5, 0.6) is 0 Å². The number of para-hydroxylation sites is 1. The Bertz CT molecular complexity index is 913. The summed E-state index contributed by atoms with van der Waals surface area (Å²) in [5, 5.41) is 17.4. The molecule has 126 valence electrons. The number of nitrogens with one attached hydrogen (secondary N) is 1. The maximum absolute atomic E-state index is 13.0. The van der Waals surface area contributed by atoms with E-state index in [1.165, 1.54) is 0 Å². The molecule has 1 unspecified atom stereocenters. The number of aliphatic hydroxyl groups is 1. The zero-order valence-corrected chi connectivity index (χ0v) is 14.0. The van der Waals surface area contributed by atoms with Gasteiger partial charge in [0.1, 0.15) is 0 Å². The number of rotatable bonds is 5. The van der Waals surface area contributed by atoms with E-state index >= 15 is 0 Å². The molecule has 0 radical (unpaired) electrons. The summed E-state index contributed by atoms with van der Waals surface area (Å²) in [6.07, 6.45) is 3.07. The highest BCUT2D eigenvalue weighted by atomic mass is 16.3. The van der Waals surface area contributed by atoms with Crippen molar-refractivity contribution in [3.8, 4) is 0 Å². The lowest BCUT2D eigenvalue weighted by Gasteiger charge is -2.20. The number of anilines is 1. The second-order valence-corrected chi connectivity index (χ2v) is 5.98. The second-order valence-electron chi connectivity index (χ2n) is 5.98. The Morgan fingerprint density at radius 2 is 2.04 bits per heavy atom. The van der Waals surface area contributed by atoms with E-state index < -0.39 is 6.10 Å². The van der Waals surface area contributed by atoms with E-state index in [1.54, 1.807) is 28.4 Å². The molecule has 2 aromatic heterocycles. The predicted octanol–water partition coefficient (Wildman–Crippen LogP) is 1.53. The van der Waals surface area contributed by atoms with Gasteiger partial charge >= 0.3 is 0 Å². The van der Waals surface area contributed by atoms with Crippen LogP contribution in [0.4, 0.5) is 5.95 Å². The first-order valence-corrected chi connectivity index (χ1v) is 7.89. The maximum Gasteiger partial charge on any atom is 0.263 e. The summed E-state index contributed by atoms with van der Waals surface area (Å²) in [7, 11) is 1.84. The van der Waals surface area contributed by atoms with Gasteiger partial charge in [0.2, 0.25) is 5.95 Å². The van der Waals surface area contributed by atoms with E-state index in [1.807, 2.05) is 38.4 Å². The zero-order chi connectivity index (χ0) is 17.3. The first kappa shape index (κ1) is 16.2. The highest BCUT2D eigenvalue weighted by Crippen LogP contribution is 2.21. The molecule has 0 saturated heterocycles. The van der Waals surface area contributed by atoms with E-state index in [4.69, 9.17) is 0 Å². The lowest BCUT2D eigenvalue weighted by Crippen LogP contribution is -2.30. The quantitative estimate of drug-likeness (QED) is 0.742.